The quantitative estimate of drug-likeness (QED) is 0.664. The first-order valence-corrected chi connectivity index (χ1v) is 8.17. The number of unbranched alkanes of at least 4 members (excludes halogenated alkanes) is 3. The molecule has 0 N–H and O–H groups in total. The van der Waals surface area contributed by atoms with Crippen LogP contribution < -0.4 is 0 Å². The second-order valence-electron chi connectivity index (χ2n) is 6.26. The Labute approximate surface area is 117 Å². The zero-order valence-electron chi connectivity index (χ0n) is 12.3. The molecule has 2 nitrogen and oxygen atoms in total. The third-order valence-corrected chi connectivity index (χ3v) is 4.54. The van der Waals surface area contributed by atoms with E-state index in [1.165, 1.54) is 32.1 Å². The minimum Gasteiger partial charge on any atom is -0.352 e. The van der Waals surface area contributed by atoms with Crippen LogP contribution in [0.5, 0.6) is 0 Å². The largest absolute Gasteiger partial charge is 0.352 e. The molecule has 0 bridgehead atoms. The zero-order valence-corrected chi connectivity index (χ0v) is 12.3. The summed E-state index contributed by atoms with van der Waals surface area (Å²) < 4.78 is 24.9. The zero-order chi connectivity index (χ0) is 13.5. The highest BCUT2D eigenvalue weighted by Gasteiger charge is 2.32. The molecule has 19 heavy (non-hydrogen) atoms. The van der Waals surface area contributed by atoms with Crippen LogP contribution >= 0.6 is 0 Å². The van der Waals surface area contributed by atoms with Crippen LogP contribution in [0, 0.1) is 11.8 Å². The molecule has 3 heteroatoms. The summed E-state index contributed by atoms with van der Waals surface area (Å²) in [5.41, 5.74) is 0. The van der Waals surface area contributed by atoms with Crippen LogP contribution in [0.3, 0.4) is 0 Å². The fourth-order valence-corrected chi connectivity index (χ4v) is 3.21. The number of alkyl halides is 1. The van der Waals surface area contributed by atoms with Gasteiger partial charge in [0.25, 0.3) is 0 Å². The summed E-state index contributed by atoms with van der Waals surface area (Å²) in [6, 6.07) is 0. The van der Waals surface area contributed by atoms with Crippen LogP contribution in [0.25, 0.3) is 0 Å². The van der Waals surface area contributed by atoms with Crippen LogP contribution in [-0.4, -0.2) is 25.7 Å². The molecule has 2 rings (SSSR count). The lowest BCUT2D eigenvalue weighted by molar-refractivity contribution is -0.230. The predicted molar refractivity (Wildman–Crippen MR) is 74.8 cm³/mol. The molecule has 0 unspecified atom stereocenters. The van der Waals surface area contributed by atoms with Gasteiger partial charge in [0.05, 0.1) is 13.2 Å². The van der Waals surface area contributed by atoms with Gasteiger partial charge in [0.1, 0.15) is 6.17 Å². The Morgan fingerprint density at radius 2 is 1.63 bits per heavy atom. The highest BCUT2D eigenvalue weighted by Crippen LogP contribution is 2.32. The molecule has 0 radical (unpaired) electrons. The molecule has 0 aromatic heterocycles. The smallest absolute Gasteiger partial charge is 0.160 e. The summed E-state index contributed by atoms with van der Waals surface area (Å²) in [6.07, 6.45) is 9.05. The van der Waals surface area contributed by atoms with Gasteiger partial charge in [-0.2, -0.15) is 0 Å². The van der Waals surface area contributed by atoms with Crippen molar-refractivity contribution in [2.24, 2.45) is 11.8 Å². The van der Waals surface area contributed by atoms with Gasteiger partial charge in [-0.3, -0.25) is 0 Å². The van der Waals surface area contributed by atoms with Gasteiger partial charge in [-0.1, -0.05) is 32.6 Å². The molecule has 1 saturated carbocycles. The van der Waals surface area contributed by atoms with Crippen molar-refractivity contribution in [3.63, 3.8) is 0 Å². The maximum Gasteiger partial charge on any atom is 0.160 e. The predicted octanol–water partition coefficient (Wildman–Crippen LogP) is 4.47. The van der Waals surface area contributed by atoms with E-state index in [1.807, 2.05) is 0 Å². The van der Waals surface area contributed by atoms with Crippen molar-refractivity contribution in [2.45, 2.75) is 77.2 Å². The third kappa shape index (κ3) is 5.03. The summed E-state index contributed by atoms with van der Waals surface area (Å²) >= 11 is 0. The molecule has 0 aromatic rings. The Hall–Kier alpha value is -0.150. The first-order valence-electron chi connectivity index (χ1n) is 8.17. The molecule has 0 atom stereocenters. The van der Waals surface area contributed by atoms with E-state index in [0.717, 1.165) is 26.1 Å². The molecule has 1 heterocycles. The lowest BCUT2D eigenvalue weighted by Crippen LogP contribution is -2.38. The van der Waals surface area contributed by atoms with Crippen LogP contribution in [0.2, 0.25) is 0 Å². The van der Waals surface area contributed by atoms with Crippen LogP contribution in [-0.2, 0) is 9.47 Å². The van der Waals surface area contributed by atoms with Gasteiger partial charge in [-0.15, -0.1) is 0 Å². The van der Waals surface area contributed by atoms with Crippen LogP contribution in [0.4, 0.5) is 4.39 Å². The Morgan fingerprint density at radius 3 is 2.26 bits per heavy atom. The second-order valence-corrected chi connectivity index (χ2v) is 6.26. The minimum absolute atomic E-state index is 0.0561. The monoisotopic (exact) mass is 272 g/mol. The van der Waals surface area contributed by atoms with Crippen molar-refractivity contribution in [1.29, 1.82) is 0 Å². The van der Waals surface area contributed by atoms with Crippen molar-refractivity contribution in [3.8, 4) is 0 Å². The van der Waals surface area contributed by atoms with Crippen LogP contribution in [0.15, 0.2) is 0 Å². The number of rotatable bonds is 6. The number of halogens is 1. The molecule has 0 amide bonds. The van der Waals surface area contributed by atoms with Gasteiger partial charge in [-0.05, 0) is 32.1 Å². The highest BCUT2D eigenvalue weighted by atomic mass is 19.1. The summed E-state index contributed by atoms with van der Waals surface area (Å²) in [4.78, 5) is 0. The summed E-state index contributed by atoms with van der Waals surface area (Å²) in [7, 11) is 0. The molecular formula is C16H29FO2. The maximum atomic E-state index is 13.1. The van der Waals surface area contributed by atoms with Gasteiger partial charge in [0.2, 0.25) is 0 Å². The molecule has 112 valence electrons. The second kappa shape index (κ2) is 8.21. The van der Waals surface area contributed by atoms with Crippen molar-refractivity contribution >= 4 is 0 Å². The normalized spacial score (nSPS) is 36.3. The average molecular weight is 272 g/mol. The Bertz CT molecular complexity index is 231. The van der Waals surface area contributed by atoms with Crippen molar-refractivity contribution < 1.29 is 13.9 Å². The Morgan fingerprint density at radius 1 is 0.947 bits per heavy atom. The molecular weight excluding hydrogens is 243 g/mol. The number of hydrogen-bond acceptors (Lipinski definition) is 2. The van der Waals surface area contributed by atoms with E-state index >= 15 is 0 Å². The Kier molecular flexibility index (Phi) is 6.58. The average Bonchev–Trinajstić information content (AvgIpc) is 2.45. The summed E-state index contributed by atoms with van der Waals surface area (Å²) in [6.45, 7) is 3.92. The van der Waals surface area contributed by atoms with Crippen molar-refractivity contribution in [1.82, 2.24) is 0 Å². The topological polar surface area (TPSA) is 18.5 Å². The molecule has 2 fully saturated rings. The van der Waals surface area contributed by atoms with Crippen LogP contribution in [0.1, 0.15) is 64.7 Å². The molecule has 0 spiro atoms. The first kappa shape index (κ1) is 15.2. The van der Waals surface area contributed by atoms with E-state index in [9.17, 15) is 4.39 Å². The van der Waals surface area contributed by atoms with E-state index in [-0.39, 0.29) is 6.29 Å². The lowest BCUT2D eigenvalue weighted by Gasteiger charge is -2.36. The van der Waals surface area contributed by atoms with Gasteiger partial charge >= 0.3 is 0 Å². The third-order valence-electron chi connectivity index (χ3n) is 4.54. The minimum atomic E-state index is -0.592. The van der Waals surface area contributed by atoms with E-state index in [0.29, 0.717) is 24.7 Å². The number of hydrogen-bond donors (Lipinski definition) is 0. The van der Waals surface area contributed by atoms with E-state index in [4.69, 9.17) is 9.47 Å². The molecule has 0 aromatic carbocycles. The SMILES string of the molecule is CCCCCC[C@H]1CO[C@H]([C@H]2CC[C@H](F)CC2)OC1. The van der Waals surface area contributed by atoms with Crippen molar-refractivity contribution in [2.75, 3.05) is 13.2 Å². The Balaban J connectivity index is 1.59. The fourth-order valence-electron chi connectivity index (χ4n) is 3.21. The molecule has 2 aliphatic rings. The molecule has 1 aliphatic heterocycles. The summed E-state index contributed by atoms with van der Waals surface area (Å²) in [5, 5.41) is 0. The highest BCUT2D eigenvalue weighted by molar-refractivity contribution is 4.76. The lowest BCUT2D eigenvalue weighted by atomic mass is 9.87. The van der Waals surface area contributed by atoms with Gasteiger partial charge < -0.3 is 9.47 Å². The van der Waals surface area contributed by atoms with E-state index < -0.39 is 6.17 Å². The van der Waals surface area contributed by atoms with Gasteiger partial charge in [0.15, 0.2) is 6.29 Å². The molecule has 1 saturated heterocycles. The van der Waals surface area contributed by atoms with Crippen molar-refractivity contribution in [3.05, 3.63) is 0 Å². The van der Waals surface area contributed by atoms with E-state index in [2.05, 4.69) is 6.92 Å². The standard InChI is InChI=1S/C16H29FO2/c1-2-3-4-5-6-13-11-18-16(19-12-13)14-7-9-15(17)10-8-14/h13-16H,2-12H2,1H3/t13-,14-,15-,16-. The number of ether oxygens (including phenoxy) is 2. The summed E-state index contributed by atoms with van der Waals surface area (Å²) in [5.74, 6) is 0.999. The van der Waals surface area contributed by atoms with E-state index in [1.54, 1.807) is 0 Å². The first-order chi connectivity index (χ1) is 9.29. The maximum absolute atomic E-state index is 13.1. The molecule has 1 aliphatic carbocycles. The van der Waals surface area contributed by atoms with Gasteiger partial charge in [-0.25, -0.2) is 4.39 Å². The van der Waals surface area contributed by atoms with Gasteiger partial charge in [0, 0.05) is 11.8 Å². The fraction of sp³-hybridized carbons (Fsp3) is 1.00.